The van der Waals surface area contributed by atoms with Gasteiger partial charge in [-0.25, -0.2) is 0 Å². The zero-order chi connectivity index (χ0) is 18.4. The molecule has 2 aromatic rings. The fraction of sp³-hybridized carbons (Fsp3) is 0.435. The minimum absolute atomic E-state index is 0.129. The van der Waals surface area contributed by atoms with Crippen LogP contribution in [-0.4, -0.2) is 37.0 Å². The van der Waals surface area contributed by atoms with E-state index in [-0.39, 0.29) is 11.3 Å². The molecule has 1 amide bonds. The molecule has 0 aromatic heterocycles. The summed E-state index contributed by atoms with van der Waals surface area (Å²) in [6.45, 7) is 5.44. The molecule has 4 nitrogen and oxygen atoms in total. The van der Waals surface area contributed by atoms with Crippen molar-refractivity contribution in [3.8, 4) is 0 Å². The Hall–Kier alpha value is -2.33. The Morgan fingerprint density at radius 2 is 1.93 bits per heavy atom. The highest BCUT2D eigenvalue weighted by Gasteiger charge is 2.47. The minimum Gasteiger partial charge on any atom is -0.366 e. The molecule has 1 saturated heterocycles. The lowest BCUT2D eigenvalue weighted by Gasteiger charge is -2.27. The summed E-state index contributed by atoms with van der Waals surface area (Å²) in [5.74, 6) is 0.584. The van der Waals surface area contributed by atoms with Gasteiger partial charge in [-0.1, -0.05) is 30.3 Å². The number of anilines is 1. The van der Waals surface area contributed by atoms with Crippen LogP contribution in [0.2, 0.25) is 0 Å². The summed E-state index contributed by atoms with van der Waals surface area (Å²) in [4.78, 5) is 16.9. The molecule has 5 rings (SSSR count). The van der Waals surface area contributed by atoms with Crippen molar-refractivity contribution in [2.45, 2.75) is 31.2 Å². The molecule has 0 bridgehead atoms. The van der Waals surface area contributed by atoms with Crippen LogP contribution in [0.25, 0.3) is 0 Å². The third-order valence-corrected chi connectivity index (χ3v) is 6.55. The fourth-order valence-corrected chi connectivity index (χ4v) is 5.00. The van der Waals surface area contributed by atoms with E-state index in [0.29, 0.717) is 5.56 Å². The lowest BCUT2D eigenvalue weighted by molar-refractivity contribution is 0.1000. The first-order valence-electron chi connectivity index (χ1n) is 10.1. The SMILES string of the molecule is NC(=O)c1ccc2c(c1)C1(CCN(CC3CC3)C1)CN2Cc1ccccc1. The Kier molecular flexibility index (Phi) is 3.97. The van der Waals surface area contributed by atoms with Gasteiger partial charge in [-0.3, -0.25) is 4.79 Å². The van der Waals surface area contributed by atoms with E-state index in [1.54, 1.807) is 0 Å². The molecule has 1 spiro atoms. The zero-order valence-corrected chi connectivity index (χ0v) is 15.7. The number of carbonyl (C=O) groups is 1. The van der Waals surface area contributed by atoms with Gasteiger partial charge in [0.05, 0.1) is 0 Å². The Labute approximate surface area is 161 Å². The first-order chi connectivity index (χ1) is 13.1. The highest BCUT2D eigenvalue weighted by atomic mass is 16.1. The van der Waals surface area contributed by atoms with Crippen molar-refractivity contribution in [2.24, 2.45) is 11.7 Å². The number of nitrogens with zero attached hydrogens (tertiary/aromatic N) is 2. The molecule has 3 aliphatic rings. The molecule has 2 aliphatic heterocycles. The fourth-order valence-electron chi connectivity index (χ4n) is 5.00. The quantitative estimate of drug-likeness (QED) is 0.890. The van der Waals surface area contributed by atoms with Crippen LogP contribution in [0, 0.1) is 5.92 Å². The first-order valence-corrected chi connectivity index (χ1v) is 10.1. The molecule has 2 N–H and O–H groups in total. The number of likely N-dealkylation sites (tertiary alicyclic amines) is 1. The largest absolute Gasteiger partial charge is 0.366 e. The second-order valence-corrected chi connectivity index (χ2v) is 8.65. The van der Waals surface area contributed by atoms with Crippen LogP contribution in [0.1, 0.15) is 40.7 Å². The van der Waals surface area contributed by atoms with Gasteiger partial charge in [-0.2, -0.15) is 0 Å². The zero-order valence-electron chi connectivity index (χ0n) is 15.7. The predicted molar refractivity (Wildman–Crippen MR) is 108 cm³/mol. The van der Waals surface area contributed by atoms with Gasteiger partial charge in [0.2, 0.25) is 5.91 Å². The van der Waals surface area contributed by atoms with E-state index < -0.39 is 0 Å². The van der Waals surface area contributed by atoms with Crippen molar-refractivity contribution in [3.63, 3.8) is 0 Å². The van der Waals surface area contributed by atoms with Crippen LogP contribution in [-0.2, 0) is 12.0 Å². The molecule has 1 saturated carbocycles. The second-order valence-electron chi connectivity index (χ2n) is 8.65. The van der Waals surface area contributed by atoms with Crippen LogP contribution >= 0.6 is 0 Å². The van der Waals surface area contributed by atoms with Gasteiger partial charge in [0.15, 0.2) is 0 Å². The van der Waals surface area contributed by atoms with E-state index in [1.165, 1.54) is 42.6 Å². The van der Waals surface area contributed by atoms with Crippen molar-refractivity contribution in [3.05, 3.63) is 65.2 Å². The molecule has 1 atom stereocenters. The maximum atomic E-state index is 11.8. The monoisotopic (exact) mass is 361 g/mol. The van der Waals surface area contributed by atoms with Gasteiger partial charge in [0.1, 0.15) is 0 Å². The van der Waals surface area contributed by atoms with Crippen molar-refractivity contribution >= 4 is 11.6 Å². The van der Waals surface area contributed by atoms with Crippen LogP contribution in [0.5, 0.6) is 0 Å². The smallest absolute Gasteiger partial charge is 0.248 e. The van der Waals surface area contributed by atoms with Crippen LogP contribution in [0.15, 0.2) is 48.5 Å². The molecule has 2 fully saturated rings. The van der Waals surface area contributed by atoms with E-state index >= 15 is 0 Å². The topological polar surface area (TPSA) is 49.6 Å². The van der Waals surface area contributed by atoms with Gasteiger partial charge in [0, 0.05) is 42.8 Å². The molecule has 0 radical (unpaired) electrons. The van der Waals surface area contributed by atoms with Gasteiger partial charge in [0.25, 0.3) is 0 Å². The maximum absolute atomic E-state index is 11.8. The first kappa shape index (κ1) is 16.8. The van der Waals surface area contributed by atoms with E-state index in [9.17, 15) is 4.79 Å². The van der Waals surface area contributed by atoms with Gasteiger partial charge >= 0.3 is 0 Å². The number of nitrogens with two attached hydrogens (primary N) is 1. The summed E-state index contributed by atoms with van der Waals surface area (Å²) in [5, 5.41) is 0. The molecule has 140 valence electrons. The number of hydrogen-bond acceptors (Lipinski definition) is 3. The van der Waals surface area contributed by atoms with Gasteiger partial charge < -0.3 is 15.5 Å². The van der Waals surface area contributed by atoms with E-state index in [0.717, 1.165) is 32.1 Å². The number of carbonyl (C=O) groups excluding carboxylic acids is 1. The number of fused-ring (bicyclic) bond motifs is 2. The number of primary amides is 1. The number of hydrogen-bond donors (Lipinski definition) is 1. The Balaban J connectivity index is 1.47. The molecular formula is C23H27N3O. The average molecular weight is 361 g/mol. The van der Waals surface area contributed by atoms with Gasteiger partial charge in [-0.05, 0) is 61.1 Å². The van der Waals surface area contributed by atoms with Crippen LogP contribution in [0.3, 0.4) is 0 Å². The summed E-state index contributed by atoms with van der Waals surface area (Å²) in [6.07, 6.45) is 3.96. The van der Waals surface area contributed by atoms with Crippen molar-refractivity contribution in [2.75, 3.05) is 31.1 Å². The minimum atomic E-state index is -0.331. The second kappa shape index (κ2) is 6.38. The highest BCUT2D eigenvalue weighted by molar-refractivity contribution is 5.94. The van der Waals surface area contributed by atoms with E-state index in [4.69, 9.17) is 5.73 Å². The summed E-state index contributed by atoms with van der Waals surface area (Å²) in [6, 6.07) is 16.7. The lowest BCUT2D eigenvalue weighted by Crippen LogP contribution is -2.36. The van der Waals surface area contributed by atoms with E-state index in [1.807, 2.05) is 6.07 Å². The summed E-state index contributed by atoms with van der Waals surface area (Å²) in [7, 11) is 0. The average Bonchev–Trinajstić information content (AvgIpc) is 3.33. The Morgan fingerprint density at radius 1 is 1.11 bits per heavy atom. The third-order valence-electron chi connectivity index (χ3n) is 6.55. The third kappa shape index (κ3) is 3.12. The number of rotatable bonds is 5. The molecule has 2 heterocycles. The van der Waals surface area contributed by atoms with E-state index in [2.05, 4.69) is 52.3 Å². The van der Waals surface area contributed by atoms with Crippen LogP contribution < -0.4 is 10.6 Å². The van der Waals surface area contributed by atoms with Crippen molar-refractivity contribution in [1.82, 2.24) is 4.90 Å². The normalized spacial score (nSPS) is 24.5. The number of amides is 1. The Morgan fingerprint density at radius 3 is 2.67 bits per heavy atom. The van der Waals surface area contributed by atoms with Crippen molar-refractivity contribution in [1.29, 1.82) is 0 Å². The summed E-state index contributed by atoms with van der Waals surface area (Å²) < 4.78 is 0. The highest BCUT2D eigenvalue weighted by Crippen LogP contribution is 2.48. The predicted octanol–water partition coefficient (Wildman–Crippen LogP) is 3.16. The lowest BCUT2D eigenvalue weighted by atomic mass is 9.81. The Bertz CT molecular complexity index is 861. The summed E-state index contributed by atoms with van der Waals surface area (Å²) >= 11 is 0. The molecule has 2 aromatic carbocycles. The molecular weight excluding hydrogens is 334 g/mol. The molecule has 1 aliphatic carbocycles. The molecule has 1 unspecified atom stereocenters. The molecule has 4 heteroatoms. The summed E-state index contributed by atoms with van der Waals surface area (Å²) in [5.41, 5.74) is 10.3. The maximum Gasteiger partial charge on any atom is 0.248 e. The molecule has 27 heavy (non-hydrogen) atoms. The number of benzene rings is 2. The van der Waals surface area contributed by atoms with Gasteiger partial charge in [-0.15, -0.1) is 0 Å². The standard InChI is InChI=1S/C23H27N3O/c24-22(27)19-8-9-21-20(12-19)23(10-11-25(15-23)13-18-6-7-18)16-26(21)14-17-4-2-1-3-5-17/h1-5,8-9,12,18H,6-7,10-11,13-16H2,(H2,24,27). The van der Waals surface area contributed by atoms with Crippen LogP contribution in [0.4, 0.5) is 5.69 Å². The van der Waals surface area contributed by atoms with Crippen molar-refractivity contribution < 1.29 is 4.79 Å².